The summed E-state index contributed by atoms with van der Waals surface area (Å²) in [5.74, 6) is 0.170. The molecule has 3 heterocycles. The van der Waals surface area contributed by atoms with Crippen LogP contribution in [0.4, 0.5) is 0 Å². The number of hydrogen-bond donors (Lipinski definition) is 1. The molecule has 0 aliphatic carbocycles. The number of amides is 2. The molecular weight excluding hydrogens is 404 g/mol. The molecule has 8 heteroatoms. The van der Waals surface area contributed by atoms with E-state index in [0.717, 1.165) is 50.8 Å². The second-order valence-electron chi connectivity index (χ2n) is 8.50. The van der Waals surface area contributed by atoms with Crippen LogP contribution in [0.2, 0.25) is 0 Å². The van der Waals surface area contributed by atoms with Crippen molar-refractivity contribution in [2.24, 2.45) is 5.92 Å². The van der Waals surface area contributed by atoms with E-state index in [1.54, 1.807) is 0 Å². The van der Waals surface area contributed by atoms with Crippen LogP contribution < -0.4 is 5.32 Å². The van der Waals surface area contributed by atoms with E-state index in [1.165, 1.54) is 0 Å². The van der Waals surface area contributed by atoms with Crippen molar-refractivity contribution < 1.29 is 14.3 Å². The van der Waals surface area contributed by atoms with Crippen LogP contribution in [0.25, 0.3) is 0 Å². The van der Waals surface area contributed by atoms with E-state index in [1.807, 2.05) is 22.6 Å². The van der Waals surface area contributed by atoms with E-state index < -0.39 is 0 Å². The van der Waals surface area contributed by atoms with Gasteiger partial charge >= 0.3 is 0 Å². The van der Waals surface area contributed by atoms with Crippen molar-refractivity contribution in [2.75, 3.05) is 25.6 Å². The number of aromatic nitrogens is 2. The van der Waals surface area contributed by atoms with Crippen molar-refractivity contribution in [3.05, 3.63) is 17.5 Å². The van der Waals surface area contributed by atoms with Crippen molar-refractivity contribution in [1.82, 2.24) is 20.0 Å². The van der Waals surface area contributed by atoms with Crippen molar-refractivity contribution in [3.63, 3.8) is 0 Å². The number of nitrogens with zero attached hydrogens (tertiary/aromatic N) is 3. The summed E-state index contributed by atoms with van der Waals surface area (Å²) in [5.41, 5.74) is 1.58. The molecule has 168 valence electrons. The number of rotatable bonds is 7. The molecule has 7 nitrogen and oxygen atoms in total. The van der Waals surface area contributed by atoms with Crippen molar-refractivity contribution >= 4 is 23.4 Å². The molecule has 1 aromatic rings. The lowest BCUT2D eigenvalue weighted by Gasteiger charge is -2.41. The molecule has 1 N–H and O–H groups in total. The summed E-state index contributed by atoms with van der Waals surface area (Å²) in [6.45, 7) is 8.43. The number of piperidine rings is 1. The standard InChI is InChI=1S/C22H35ClN4O3/c1-4-17(5-2)27-15(3)13-19(25-27)22(29)26-10-8-16(9-11-26)21-18(7-6-12-30-21)24-20(28)14-23/h13,16-18,21H,4-12,14H2,1-3H3,(H,24,28). The van der Waals surface area contributed by atoms with Gasteiger partial charge in [0.25, 0.3) is 5.91 Å². The van der Waals surface area contributed by atoms with Gasteiger partial charge in [-0.3, -0.25) is 14.3 Å². The van der Waals surface area contributed by atoms with E-state index in [0.29, 0.717) is 30.7 Å². The van der Waals surface area contributed by atoms with Gasteiger partial charge in [-0.15, -0.1) is 11.6 Å². The Morgan fingerprint density at radius 3 is 2.60 bits per heavy atom. The van der Waals surface area contributed by atoms with E-state index in [9.17, 15) is 9.59 Å². The lowest BCUT2D eigenvalue weighted by Crippen LogP contribution is -2.53. The number of ether oxygens (including phenoxy) is 1. The molecule has 0 saturated carbocycles. The first-order chi connectivity index (χ1) is 14.5. The molecule has 2 unspecified atom stereocenters. The monoisotopic (exact) mass is 438 g/mol. The number of alkyl halides is 1. The number of halogens is 1. The SMILES string of the molecule is CCC(CC)n1nc(C(=O)N2CCC(C3OCCCC3NC(=O)CCl)CC2)cc1C. The van der Waals surface area contributed by atoms with Crippen LogP contribution in [0.3, 0.4) is 0 Å². The Balaban J connectivity index is 1.60. The van der Waals surface area contributed by atoms with E-state index in [4.69, 9.17) is 16.3 Å². The third-order valence-electron chi connectivity index (χ3n) is 6.56. The summed E-state index contributed by atoms with van der Waals surface area (Å²) in [7, 11) is 0. The Morgan fingerprint density at radius 1 is 1.27 bits per heavy atom. The Labute approximate surface area is 184 Å². The van der Waals surface area contributed by atoms with Gasteiger partial charge < -0.3 is 15.0 Å². The lowest BCUT2D eigenvalue weighted by molar-refractivity contribution is -0.123. The maximum absolute atomic E-state index is 13.0. The summed E-state index contributed by atoms with van der Waals surface area (Å²) in [6, 6.07) is 2.26. The Hall–Kier alpha value is -1.60. The largest absolute Gasteiger partial charge is 0.376 e. The highest BCUT2D eigenvalue weighted by Gasteiger charge is 2.36. The van der Waals surface area contributed by atoms with E-state index >= 15 is 0 Å². The molecule has 2 fully saturated rings. The molecule has 0 bridgehead atoms. The maximum Gasteiger partial charge on any atom is 0.274 e. The zero-order valence-corrected chi connectivity index (χ0v) is 19.2. The first kappa shape index (κ1) is 23.1. The minimum absolute atomic E-state index is 0.000474. The predicted molar refractivity (Wildman–Crippen MR) is 117 cm³/mol. The third kappa shape index (κ3) is 5.17. The van der Waals surface area contributed by atoms with E-state index in [-0.39, 0.29) is 29.8 Å². The van der Waals surface area contributed by atoms with Gasteiger partial charge in [0.1, 0.15) is 5.88 Å². The predicted octanol–water partition coefficient (Wildman–Crippen LogP) is 3.31. The second-order valence-corrected chi connectivity index (χ2v) is 8.77. The number of carbonyl (C=O) groups excluding carboxylic acids is 2. The fourth-order valence-corrected chi connectivity index (χ4v) is 4.93. The number of aryl methyl sites for hydroxylation is 1. The molecule has 0 spiro atoms. The average Bonchev–Trinajstić information content (AvgIpc) is 3.16. The molecule has 1 aromatic heterocycles. The molecule has 2 aliphatic rings. The Bertz CT molecular complexity index is 726. The minimum Gasteiger partial charge on any atom is -0.376 e. The summed E-state index contributed by atoms with van der Waals surface area (Å²) in [6.07, 6.45) is 5.60. The van der Waals surface area contributed by atoms with Gasteiger partial charge in [-0.25, -0.2) is 0 Å². The van der Waals surface area contributed by atoms with Gasteiger partial charge in [-0.2, -0.15) is 5.10 Å². The number of nitrogens with one attached hydrogen (secondary N) is 1. The van der Waals surface area contributed by atoms with Crippen LogP contribution in [0.15, 0.2) is 6.07 Å². The highest BCUT2D eigenvalue weighted by Crippen LogP contribution is 2.30. The average molecular weight is 439 g/mol. The van der Waals surface area contributed by atoms with E-state index in [2.05, 4.69) is 24.3 Å². The molecule has 0 radical (unpaired) electrons. The Morgan fingerprint density at radius 2 is 1.97 bits per heavy atom. The van der Waals surface area contributed by atoms with Gasteiger partial charge in [0, 0.05) is 25.4 Å². The molecule has 2 aliphatic heterocycles. The fraction of sp³-hybridized carbons (Fsp3) is 0.773. The smallest absolute Gasteiger partial charge is 0.274 e. The summed E-state index contributed by atoms with van der Waals surface area (Å²) in [4.78, 5) is 26.7. The number of hydrogen-bond acceptors (Lipinski definition) is 4. The number of carbonyl (C=O) groups is 2. The van der Waals surface area contributed by atoms with Crippen molar-refractivity contribution in [1.29, 1.82) is 0 Å². The zero-order valence-electron chi connectivity index (χ0n) is 18.4. The first-order valence-electron chi connectivity index (χ1n) is 11.3. The third-order valence-corrected chi connectivity index (χ3v) is 6.80. The lowest BCUT2D eigenvalue weighted by atomic mass is 9.84. The van der Waals surface area contributed by atoms with Crippen LogP contribution in [-0.4, -0.2) is 64.2 Å². The summed E-state index contributed by atoms with van der Waals surface area (Å²) >= 11 is 5.66. The molecule has 2 saturated heterocycles. The normalized spacial score (nSPS) is 23.0. The Kier molecular flexibility index (Phi) is 8.17. The van der Waals surface area contributed by atoms with Gasteiger partial charge in [0.15, 0.2) is 5.69 Å². The summed E-state index contributed by atoms with van der Waals surface area (Å²) in [5, 5.41) is 7.65. The van der Waals surface area contributed by atoms with Crippen LogP contribution in [0.1, 0.15) is 74.6 Å². The maximum atomic E-state index is 13.0. The van der Waals surface area contributed by atoms with Gasteiger partial charge in [0.05, 0.1) is 18.2 Å². The molecule has 30 heavy (non-hydrogen) atoms. The fourth-order valence-electron chi connectivity index (χ4n) is 4.86. The molecule has 2 amide bonds. The molecule has 3 rings (SSSR count). The van der Waals surface area contributed by atoms with Crippen LogP contribution >= 0.6 is 11.6 Å². The van der Waals surface area contributed by atoms with Crippen LogP contribution in [-0.2, 0) is 9.53 Å². The van der Waals surface area contributed by atoms with Gasteiger partial charge in [-0.05, 0) is 57.4 Å². The first-order valence-corrected chi connectivity index (χ1v) is 11.8. The highest BCUT2D eigenvalue weighted by atomic mass is 35.5. The molecule has 0 aromatic carbocycles. The van der Waals surface area contributed by atoms with Crippen LogP contribution in [0.5, 0.6) is 0 Å². The van der Waals surface area contributed by atoms with Crippen LogP contribution in [0, 0.1) is 12.8 Å². The van der Waals surface area contributed by atoms with Gasteiger partial charge in [0.2, 0.25) is 5.91 Å². The number of likely N-dealkylation sites (tertiary alicyclic amines) is 1. The topological polar surface area (TPSA) is 76.5 Å². The highest BCUT2D eigenvalue weighted by molar-refractivity contribution is 6.27. The molecule has 2 atom stereocenters. The van der Waals surface area contributed by atoms with Crippen molar-refractivity contribution in [2.45, 2.75) is 77.5 Å². The zero-order chi connectivity index (χ0) is 21.7. The van der Waals surface area contributed by atoms with Crippen molar-refractivity contribution in [3.8, 4) is 0 Å². The quantitative estimate of drug-likeness (QED) is 0.662. The second kappa shape index (κ2) is 10.6. The molecular formula is C22H35ClN4O3. The van der Waals surface area contributed by atoms with Gasteiger partial charge in [-0.1, -0.05) is 13.8 Å². The minimum atomic E-state index is -0.145. The summed E-state index contributed by atoms with van der Waals surface area (Å²) < 4.78 is 8.05.